The van der Waals surface area contributed by atoms with E-state index in [-0.39, 0.29) is 41.9 Å². The Balaban J connectivity index is 1.92. The van der Waals surface area contributed by atoms with Crippen LogP contribution in [-0.2, 0) is 20.8 Å². The molecule has 1 aliphatic rings. The fourth-order valence-electron chi connectivity index (χ4n) is 6.12. The van der Waals surface area contributed by atoms with Crippen molar-refractivity contribution in [2.45, 2.75) is 104 Å². The molecule has 0 radical (unpaired) electrons. The highest BCUT2D eigenvalue weighted by Crippen LogP contribution is 2.30. The molecule has 0 spiro atoms. The Labute approximate surface area is 287 Å². The van der Waals surface area contributed by atoms with E-state index < -0.39 is 54.6 Å². The predicted octanol–water partition coefficient (Wildman–Crippen LogP) is 5.74. The van der Waals surface area contributed by atoms with Crippen molar-refractivity contribution < 1.29 is 39.5 Å². The number of rotatable bonds is 18. The topological polar surface area (TPSA) is 146 Å². The second-order valence-electron chi connectivity index (χ2n) is 13.7. The number of nitrogens with one attached hydrogen (secondary N) is 1. The highest BCUT2D eigenvalue weighted by molar-refractivity contribution is 5.73. The third-order valence-corrected chi connectivity index (χ3v) is 9.64. The monoisotopic (exact) mass is 669 g/mol. The highest BCUT2D eigenvalue weighted by Gasteiger charge is 2.41. The molecular weight excluding hydrogens is 610 g/mol. The van der Waals surface area contributed by atoms with Crippen LogP contribution in [0.5, 0.6) is 0 Å². The first-order valence-corrected chi connectivity index (χ1v) is 17.2. The van der Waals surface area contributed by atoms with Crippen molar-refractivity contribution in [1.82, 2.24) is 5.32 Å². The van der Waals surface area contributed by atoms with Crippen LogP contribution in [0.1, 0.15) is 66.9 Å². The highest BCUT2D eigenvalue weighted by atomic mass is 16.6. The molecule has 9 heteroatoms. The molecule has 0 bridgehead atoms. The molecule has 1 fully saturated rings. The molecule has 0 saturated carbocycles. The molecule has 48 heavy (non-hydrogen) atoms. The lowest BCUT2D eigenvalue weighted by atomic mass is 9.82. The van der Waals surface area contributed by atoms with Crippen molar-refractivity contribution in [3.8, 4) is 0 Å². The Bertz CT molecular complexity index is 1220. The van der Waals surface area contributed by atoms with Crippen molar-refractivity contribution in [3.63, 3.8) is 0 Å². The zero-order chi connectivity index (χ0) is 36.0. The van der Waals surface area contributed by atoms with E-state index in [1.165, 1.54) is 0 Å². The Kier molecular flexibility index (Phi) is 17.3. The molecule has 1 saturated heterocycles. The Morgan fingerprint density at radius 3 is 2.25 bits per heavy atom. The first kappa shape index (κ1) is 40.9. The molecule has 13 atom stereocenters. The second-order valence-corrected chi connectivity index (χ2v) is 13.7. The van der Waals surface area contributed by atoms with Crippen LogP contribution in [-0.4, -0.2) is 69.1 Å². The van der Waals surface area contributed by atoms with Crippen LogP contribution >= 0.6 is 0 Å². The van der Waals surface area contributed by atoms with Crippen molar-refractivity contribution in [1.29, 1.82) is 0 Å². The zero-order valence-corrected chi connectivity index (χ0v) is 29.7. The number of hydrogen-bond donors (Lipinski definition) is 5. The van der Waals surface area contributed by atoms with Crippen molar-refractivity contribution in [3.05, 3.63) is 85.0 Å². The lowest BCUT2D eigenvalue weighted by molar-refractivity contribution is -0.179. The maximum absolute atomic E-state index is 12.7. The number of hydrogen-bond acceptors (Lipinski definition) is 8. The van der Waals surface area contributed by atoms with Crippen molar-refractivity contribution in [2.24, 2.45) is 41.4 Å². The summed E-state index contributed by atoms with van der Waals surface area (Å²) in [5.41, 5.74) is 0.954. The van der Waals surface area contributed by atoms with E-state index >= 15 is 0 Å². The summed E-state index contributed by atoms with van der Waals surface area (Å²) in [7, 11) is 0. The molecule has 1 amide bonds. The lowest BCUT2D eigenvalue weighted by Crippen LogP contribution is -2.47. The van der Waals surface area contributed by atoms with Gasteiger partial charge in [-0.05, 0) is 24.8 Å². The molecule has 9 nitrogen and oxygen atoms in total. The third kappa shape index (κ3) is 12.7. The molecule has 0 unspecified atom stereocenters. The number of allylic oxidation sites excluding steroid dienone is 3. The largest absolute Gasteiger partial charge is 0.462 e. The summed E-state index contributed by atoms with van der Waals surface area (Å²) in [5.74, 6) is -2.51. The third-order valence-electron chi connectivity index (χ3n) is 9.64. The van der Waals surface area contributed by atoms with Crippen LogP contribution in [0.2, 0.25) is 0 Å². The van der Waals surface area contributed by atoms with E-state index in [0.29, 0.717) is 13.0 Å². The van der Waals surface area contributed by atoms with Gasteiger partial charge in [-0.25, -0.2) is 4.79 Å². The van der Waals surface area contributed by atoms with Gasteiger partial charge in [-0.2, -0.15) is 0 Å². The molecule has 1 aliphatic heterocycles. The molecule has 2 rings (SSSR count). The summed E-state index contributed by atoms with van der Waals surface area (Å²) in [4.78, 5) is 24.8. The Hall–Kier alpha value is -3.24. The first-order chi connectivity index (χ1) is 22.7. The summed E-state index contributed by atoms with van der Waals surface area (Å²) >= 11 is 0. The summed E-state index contributed by atoms with van der Waals surface area (Å²) in [6.07, 6.45) is 8.40. The molecule has 1 heterocycles. The quantitative estimate of drug-likeness (QED) is 0.0756. The number of cyclic esters (lactones) is 1. The van der Waals surface area contributed by atoms with E-state index in [9.17, 15) is 30.0 Å². The zero-order valence-electron chi connectivity index (χ0n) is 29.7. The minimum Gasteiger partial charge on any atom is -0.462 e. The number of benzene rings is 1. The molecule has 1 aromatic carbocycles. The Morgan fingerprint density at radius 2 is 1.60 bits per heavy atom. The summed E-state index contributed by atoms with van der Waals surface area (Å²) < 4.78 is 11.3. The van der Waals surface area contributed by atoms with Gasteiger partial charge in [0.25, 0.3) is 0 Å². The van der Waals surface area contributed by atoms with Gasteiger partial charge in [-0.3, -0.25) is 4.79 Å². The summed E-state index contributed by atoms with van der Waals surface area (Å²) in [6.45, 7) is 17.0. The maximum atomic E-state index is 12.7. The molecule has 268 valence electrons. The normalized spacial score (nSPS) is 25.9. The average molecular weight is 670 g/mol. The Morgan fingerprint density at radius 1 is 0.958 bits per heavy atom. The van der Waals surface area contributed by atoms with Crippen LogP contribution < -0.4 is 5.32 Å². The minimum absolute atomic E-state index is 0.153. The smallest absolute Gasteiger partial charge is 0.407 e. The lowest BCUT2D eigenvalue weighted by Gasteiger charge is -2.36. The number of alkyl carbamates (subject to hydrolysis) is 1. The molecule has 1 aromatic rings. The van der Waals surface area contributed by atoms with Crippen LogP contribution in [0, 0.1) is 41.4 Å². The molecule has 5 N–H and O–H groups in total. The molecule has 0 aromatic heterocycles. The maximum Gasteiger partial charge on any atom is 0.407 e. The van der Waals surface area contributed by atoms with Crippen molar-refractivity contribution >= 4 is 12.1 Å². The van der Waals surface area contributed by atoms with Gasteiger partial charge in [0, 0.05) is 42.6 Å². The van der Waals surface area contributed by atoms with E-state index in [1.807, 2.05) is 83.2 Å². The van der Waals surface area contributed by atoms with Crippen LogP contribution in [0.3, 0.4) is 0 Å². The van der Waals surface area contributed by atoms with Gasteiger partial charge in [-0.1, -0.05) is 121 Å². The summed E-state index contributed by atoms with van der Waals surface area (Å²) in [6, 6.07) is 9.56. The van der Waals surface area contributed by atoms with Gasteiger partial charge in [0.05, 0.1) is 30.3 Å². The van der Waals surface area contributed by atoms with Gasteiger partial charge in [-0.15, -0.1) is 0 Å². The van der Waals surface area contributed by atoms with Gasteiger partial charge in [0.15, 0.2) is 0 Å². The van der Waals surface area contributed by atoms with E-state index in [4.69, 9.17) is 9.47 Å². The van der Waals surface area contributed by atoms with E-state index in [2.05, 4.69) is 11.9 Å². The SMILES string of the molecule is C=C/C=C\[C@H](C)[C@H](OC(=O)NCc1ccccc1)[C@@H](C)[C@H](O)[C@@H](C)C/C=C\[C@H](C)[C@H](O)[C@@H](C)/C=C\[C@@H](O)C[C@@H]1OC(=O)[C@H](C)[C@@H](O)[C@H]1C. The number of aliphatic hydroxyl groups is 4. The number of ether oxygens (including phenoxy) is 2. The van der Waals surface area contributed by atoms with Crippen LogP contribution in [0.4, 0.5) is 4.79 Å². The number of amides is 1. The van der Waals surface area contributed by atoms with Gasteiger partial charge in [0.1, 0.15) is 12.2 Å². The number of aliphatic hydroxyl groups excluding tert-OH is 4. The minimum atomic E-state index is -0.895. The van der Waals surface area contributed by atoms with E-state index in [1.54, 1.807) is 38.2 Å². The van der Waals surface area contributed by atoms with Gasteiger partial charge >= 0.3 is 12.1 Å². The standard InChI is InChI=1S/C39H59NO8/c1-9-10-15-27(5)37(48-39(46)40-23-31-18-12-11-13-19-31)29(7)35(43)25(3)17-14-16-24(2)34(42)26(4)20-21-32(41)22-33-28(6)36(44)30(8)38(45)47-33/h9-16,18-21,24-30,32-37,41-44H,1,17,22-23H2,2-8H3,(H,40,46)/b15-10-,16-14-,21-20-/t24-,25-,26-,27-,28-,29-,30+,32+,33-,34-,35+,36-,37-/m0/s1. The first-order valence-electron chi connectivity index (χ1n) is 17.2. The fourth-order valence-corrected chi connectivity index (χ4v) is 6.12. The van der Waals surface area contributed by atoms with Crippen LogP contribution in [0.15, 0.2) is 79.4 Å². The van der Waals surface area contributed by atoms with Crippen LogP contribution in [0.25, 0.3) is 0 Å². The fraction of sp³-hybridized carbons (Fsp3) is 0.590. The number of esters is 1. The second kappa shape index (κ2) is 20.3. The van der Waals surface area contributed by atoms with Gasteiger partial charge < -0.3 is 35.2 Å². The van der Waals surface area contributed by atoms with Crippen molar-refractivity contribution in [2.75, 3.05) is 0 Å². The number of carbonyl (C=O) groups excluding carboxylic acids is 2. The van der Waals surface area contributed by atoms with E-state index in [0.717, 1.165) is 5.56 Å². The molecular formula is C39H59NO8. The molecule has 0 aliphatic carbocycles. The predicted molar refractivity (Wildman–Crippen MR) is 188 cm³/mol. The number of carbonyl (C=O) groups is 2. The van der Waals surface area contributed by atoms with Gasteiger partial charge in [0.2, 0.25) is 0 Å². The summed E-state index contributed by atoms with van der Waals surface area (Å²) in [5, 5.41) is 45.9. The average Bonchev–Trinajstić information content (AvgIpc) is 3.08.